The van der Waals surface area contributed by atoms with E-state index in [4.69, 9.17) is 16.3 Å². The smallest absolute Gasteiger partial charge is 0.242 e. The van der Waals surface area contributed by atoms with Crippen molar-refractivity contribution in [3.05, 3.63) is 23.2 Å². The summed E-state index contributed by atoms with van der Waals surface area (Å²) in [5.41, 5.74) is 0. The summed E-state index contributed by atoms with van der Waals surface area (Å²) in [5, 5.41) is 0.239. The maximum atomic E-state index is 11.7. The van der Waals surface area contributed by atoms with Crippen LogP contribution in [0.2, 0.25) is 5.02 Å². The van der Waals surface area contributed by atoms with Gasteiger partial charge in [0.1, 0.15) is 12.5 Å². The van der Waals surface area contributed by atoms with Crippen molar-refractivity contribution in [3.8, 4) is 5.75 Å². The number of benzene rings is 1. The Morgan fingerprint density at radius 3 is 2.56 bits per heavy atom. The minimum absolute atomic E-state index is 0.0651. The third kappa shape index (κ3) is 3.08. The van der Waals surface area contributed by atoms with Gasteiger partial charge in [-0.2, -0.15) is 4.72 Å². The summed E-state index contributed by atoms with van der Waals surface area (Å²) in [5.74, 6) is 0.423. The zero-order valence-corrected chi connectivity index (χ0v) is 10.4. The summed E-state index contributed by atoms with van der Waals surface area (Å²) < 4.78 is 35.1. The second-order valence-corrected chi connectivity index (χ2v) is 5.05. The highest BCUT2D eigenvalue weighted by Crippen LogP contribution is 2.26. The number of ether oxygens (including phenoxy) is 2. The van der Waals surface area contributed by atoms with Crippen LogP contribution in [0.5, 0.6) is 5.75 Å². The molecule has 90 valence electrons. The van der Waals surface area contributed by atoms with Crippen LogP contribution in [0.1, 0.15) is 0 Å². The van der Waals surface area contributed by atoms with E-state index in [9.17, 15) is 8.42 Å². The molecule has 0 saturated heterocycles. The third-order valence-corrected chi connectivity index (χ3v) is 3.49. The van der Waals surface area contributed by atoms with Crippen molar-refractivity contribution >= 4 is 21.6 Å². The van der Waals surface area contributed by atoms with Gasteiger partial charge in [-0.3, -0.25) is 0 Å². The maximum Gasteiger partial charge on any atom is 0.242 e. The van der Waals surface area contributed by atoms with Crippen molar-refractivity contribution < 1.29 is 17.9 Å². The molecule has 0 amide bonds. The fourth-order valence-electron chi connectivity index (χ4n) is 1.03. The van der Waals surface area contributed by atoms with Crippen molar-refractivity contribution in [3.63, 3.8) is 0 Å². The van der Waals surface area contributed by atoms with Gasteiger partial charge in [-0.05, 0) is 18.2 Å². The molecule has 16 heavy (non-hydrogen) atoms. The second-order valence-electron chi connectivity index (χ2n) is 2.88. The van der Waals surface area contributed by atoms with Crippen LogP contribution < -0.4 is 9.46 Å². The fraction of sp³-hybridized carbons (Fsp3) is 0.333. The zero-order valence-electron chi connectivity index (χ0n) is 8.86. The molecular weight excluding hydrogens is 254 g/mol. The van der Waals surface area contributed by atoms with E-state index in [1.807, 2.05) is 0 Å². The number of rotatable bonds is 5. The number of hydrogen-bond acceptors (Lipinski definition) is 4. The highest BCUT2D eigenvalue weighted by atomic mass is 35.5. The lowest BCUT2D eigenvalue weighted by atomic mass is 10.3. The van der Waals surface area contributed by atoms with Crippen LogP contribution in [0.3, 0.4) is 0 Å². The molecule has 7 heteroatoms. The van der Waals surface area contributed by atoms with Crippen molar-refractivity contribution in [1.29, 1.82) is 0 Å². The van der Waals surface area contributed by atoms with Crippen LogP contribution in [0, 0.1) is 0 Å². The first-order chi connectivity index (χ1) is 7.51. The molecule has 1 aromatic carbocycles. The molecule has 0 aliphatic heterocycles. The average Bonchev–Trinajstić information content (AvgIpc) is 2.26. The summed E-state index contributed by atoms with van der Waals surface area (Å²) in [6.45, 7) is -0.0913. The highest BCUT2D eigenvalue weighted by Gasteiger charge is 2.15. The van der Waals surface area contributed by atoms with E-state index in [0.29, 0.717) is 5.75 Å². The Hall–Kier alpha value is -0.820. The Morgan fingerprint density at radius 2 is 2.06 bits per heavy atom. The monoisotopic (exact) mass is 265 g/mol. The van der Waals surface area contributed by atoms with E-state index in [-0.39, 0.29) is 16.6 Å². The Labute approximate surface area is 99.4 Å². The number of methoxy groups -OCH3 is 2. The fourth-order valence-corrected chi connectivity index (χ4v) is 2.32. The predicted molar refractivity (Wildman–Crippen MR) is 60.2 cm³/mol. The van der Waals surface area contributed by atoms with E-state index in [0.717, 1.165) is 0 Å². The van der Waals surface area contributed by atoms with E-state index in [1.165, 1.54) is 32.4 Å². The quantitative estimate of drug-likeness (QED) is 0.814. The number of hydrogen-bond donors (Lipinski definition) is 1. The largest absolute Gasteiger partial charge is 0.495 e. The molecule has 0 bridgehead atoms. The molecular formula is C9H12ClNO4S. The molecule has 0 aliphatic carbocycles. The minimum atomic E-state index is -3.58. The molecule has 0 radical (unpaired) electrons. The van der Waals surface area contributed by atoms with Crippen LogP contribution in [0.25, 0.3) is 0 Å². The summed E-state index contributed by atoms with van der Waals surface area (Å²) in [7, 11) is -0.736. The Kier molecular flexibility index (Phi) is 4.55. The van der Waals surface area contributed by atoms with Crippen LogP contribution in [-0.2, 0) is 14.8 Å². The van der Waals surface area contributed by atoms with Crippen LogP contribution in [0.15, 0.2) is 23.1 Å². The average molecular weight is 266 g/mol. The molecule has 1 N–H and O–H groups in total. The zero-order chi connectivity index (χ0) is 12.2. The van der Waals surface area contributed by atoms with Crippen LogP contribution >= 0.6 is 11.6 Å². The van der Waals surface area contributed by atoms with Gasteiger partial charge >= 0.3 is 0 Å². The van der Waals surface area contributed by atoms with E-state index < -0.39 is 10.0 Å². The summed E-state index contributed by atoms with van der Waals surface area (Å²) in [4.78, 5) is 0.0651. The number of halogens is 1. The molecule has 0 heterocycles. The molecule has 0 aliphatic rings. The lowest BCUT2D eigenvalue weighted by molar-refractivity contribution is 0.194. The predicted octanol–water partition coefficient (Wildman–Crippen LogP) is 1.23. The SMILES string of the molecule is COCNS(=O)(=O)c1ccc(OC)c(Cl)c1. The maximum absolute atomic E-state index is 11.7. The Balaban J connectivity index is 3.01. The summed E-state index contributed by atoms with van der Waals surface area (Å²) in [6.07, 6.45) is 0. The van der Waals surface area contributed by atoms with Crippen molar-refractivity contribution in [2.45, 2.75) is 4.90 Å². The van der Waals surface area contributed by atoms with E-state index in [1.54, 1.807) is 0 Å². The lowest BCUT2D eigenvalue weighted by Crippen LogP contribution is -2.25. The minimum Gasteiger partial charge on any atom is -0.495 e. The van der Waals surface area contributed by atoms with Gasteiger partial charge in [0.05, 0.1) is 17.0 Å². The summed E-state index contributed by atoms with van der Waals surface area (Å²) in [6, 6.07) is 4.21. The summed E-state index contributed by atoms with van der Waals surface area (Å²) >= 11 is 5.82. The van der Waals surface area contributed by atoms with Crippen LogP contribution in [-0.4, -0.2) is 29.4 Å². The molecule has 5 nitrogen and oxygen atoms in total. The standard InChI is InChI=1S/C9H12ClNO4S/c1-14-6-11-16(12,13)7-3-4-9(15-2)8(10)5-7/h3-5,11H,6H2,1-2H3. The molecule has 0 atom stereocenters. The normalized spacial score (nSPS) is 11.4. The first-order valence-corrected chi connectivity index (χ1v) is 6.19. The van der Waals surface area contributed by atoms with E-state index in [2.05, 4.69) is 9.46 Å². The number of nitrogens with one attached hydrogen (secondary N) is 1. The van der Waals surface area contributed by atoms with Crippen molar-refractivity contribution in [2.75, 3.05) is 21.0 Å². The van der Waals surface area contributed by atoms with E-state index >= 15 is 0 Å². The Morgan fingerprint density at radius 1 is 1.38 bits per heavy atom. The Bertz CT molecular complexity index is 461. The van der Waals surface area contributed by atoms with Gasteiger partial charge in [0.2, 0.25) is 10.0 Å². The molecule has 0 unspecified atom stereocenters. The van der Waals surface area contributed by atoms with Crippen LogP contribution in [0.4, 0.5) is 0 Å². The number of sulfonamides is 1. The van der Waals surface area contributed by atoms with Gasteiger partial charge in [-0.1, -0.05) is 11.6 Å². The molecule has 1 rings (SSSR count). The first kappa shape index (κ1) is 13.2. The van der Waals surface area contributed by atoms with Gasteiger partial charge in [0.15, 0.2) is 0 Å². The van der Waals surface area contributed by atoms with Crippen molar-refractivity contribution in [1.82, 2.24) is 4.72 Å². The van der Waals surface area contributed by atoms with Gasteiger partial charge in [-0.15, -0.1) is 0 Å². The van der Waals surface area contributed by atoms with Gasteiger partial charge in [-0.25, -0.2) is 8.42 Å². The molecule has 0 fully saturated rings. The van der Waals surface area contributed by atoms with Gasteiger partial charge in [0, 0.05) is 7.11 Å². The highest BCUT2D eigenvalue weighted by molar-refractivity contribution is 7.89. The second kappa shape index (κ2) is 5.49. The first-order valence-electron chi connectivity index (χ1n) is 4.33. The van der Waals surface area contributed by atoms with Gasteiger partial charge < -0.3 is 9.47 Å². The molecule has 0 aromatic heterocycles. The molecule has 1 aromatic rings. The lowest BCUT2D eigenvalue weighted by Gasteiger charge is -2.08. The van der Waals surface area contributed by atoms with Crippen molar-refractivity contribution in [2.24, 2.45) is 0 Å². The molecule has 0 saturated carbocycles. The molecule has 0 spiro atoms. The topological polar surface area (TPSA) is 64.6 Å². The third-order valence-electron chi connectivity index (χ3n) is 1.83. The van der Waals surface area contributed by atoms with Gasteiger partial charge in [0.25, 0.3) is 0 Å².